The average molecular weight is 381 g/mol. The van der Waals surface area contributed by atoms with Crippen molar-refractivity contribution in [1.29, 1.82) is 0 Å². The molecule has 134 valence electrons. The van der Waals surface area contributed by atoms with Crippen LogP contribution in [0.15, 0.2) is 12.7 Å². The molecule has 0 spiro atoms. The molecule has 4 atom stereocenters. The zero-order chi connectivity index (χ0) is 17.5. The van der Waals surface area contributed by atoms with Gasteiger partial charge in [0.15, 0.2) is 17.7 Å². The molecule has 0 aromatic carbocycles. The molecule has 0 amide bonds. The first-order chi connectivity index (χ1) is 11.3. The Morgan fingerprint density at radius 3 is 2.71 bits per heavy atom. The SMILES string of the molecule is Nc1ncnc2c1ncn2[C@@H]1O[C@H](CO[SH]=P(O)(O)O)[C@@H](O)[C@H]1O. The monoisotopic (exact) mass is 381 g/mol. The van der Waals surface area contributed by atoms with Crippen LogP contribution in [0, 0.1) is 0 Å². The summed E-state index contributed by atoms with van der Waals surface area (Å²) in [4.78, 5) is 38.4. The van der Waals surface area contributed by atoms with Crippen LogP contribution in [0.25, 0.3) is 11.2 Å². The van der Waals surface area contributed by atoms with Crippen LogP contribution in [0.5, 0.6) is 0 Å². The van der Waals surface area contributed by atoms with Crippen molar-refractivity contribution in [3.8, 4) is 0 Å². The molecule has 0 aliphatic carbocycles. The van der Waals surface area contributed by atoms with Crippen molar-refractivity contribution in [2.24, 2.45) is 0 Å². The number of aromatic nitrogens is 4. The molecule has 0 unspecified atom stereocenters. The van der Waals surface area contributed by atoms with Crippen molar-refractivity contribution in [3.05, 3.63) is 12.7 Å². The van der Waals surface area contributed by atoms with Gasteiger partial charge >= 0.3 is 0 Å². The van der Waals surface area contributed by atoms with Crippen molar-refractivity contribution in [2.45, 2.75) is 24.5 Å². The molecule has 0 saturated carbocycles. The number of thiol groups is 1. The number of aliphatic hydroxyl groups excluding tert-OH is 2. The highest BCUT2D eigenvalue weighted by Gasteiger charge is 2.44. The topological polar surface area (TPSA) is 189 Å². The summed E-state index contributed by atoms with van der Waals surface area (Å²) in [5, 5.41) is 20.2. The smallest absolute Gasteiger partial charge is 0.299 e. The number of aliphatic hydroxyl groups is 2. The molecule has 1 aliphatic rings. The van der Waals surface area contributed by atoms with E-state index in [9.17, 15) is 10.2 Å². The Kier molecular flexibility index (Phi) is 4.88. The summed E-state index contributed by atoms with van der Waals surface area (Å²) in [6, 6.07) is 0. The molecule has 2 aromatic rings. The molecule has 2 aromatic heterocycles. The quantitative estimate of drug-likeness (QED) is 0.218. The molecule has 7 N–H and O–H groups in total. The normalized spacial score (nSPS) is 27.9. The minimum absolute atomic E-state index is 0.166. The second kappa shape index (κ2) is 6.63. The van der Waals surface area contributed by atoms with Crippen LogP contribution < -0.4 is 5.73 Å². The molecule has 3 heterocycles. The van der Waals surface area contributed by atoms with E-state index < -0.39 is 42.5 Å². The summed E-state index contributed by atoms with van der Waals surface area (Å²) in [6.45, 7) is -4.38. The highest BCUT2D eigenvalue weighted by molar-refractivity contribution is 8.13. The second-order valence-electron chi connectivity index (χ2n) is 5.04. The number of nitrogens with two attached hydrogens (primary N) is 1. The van der Waals surface area contributed by atoms with E-state index in [1.54, 1.807) is 0 Å². The van der Waals surface area contributed by atoms with E-state index in [2.05, 4.69) is 15.0 Å². The van der Waals surface area contributed by atoms with Crippen molar-refractivity contribution in [1.82, 2.24) is 19.5 Å². The first-order valence-electron chi connectivity index (χ1n) is 6.64. The molecule has 0 radical (unpaired) electrons. The Bertz CT molecular complexity index is 789. The van der Waals surface area contributed by atoms with Gasteiger partial charge in [0.25, 0.3) is 6.72 Å². The van der Waals surface area contributed by atoms with Crippen molar-refractivity contribution in [2.75, 3.05) is 12.3 Å². The van der Waals surface area contributed by atoms with Gasteiger partial charge in [-0.2, -0.15) is 0 Å². The largest absolute Gasteiger partial charge is 0.387 e. The molecule has 3 rings (SSSR count). The van der Waals surface area contributed by atoms with Gasteiger partial charge < -0.3 is 39.5 Å². The second-order valence-corrected chi connectivity index (χ2v) is 8.64. The maximum Gasteiger partial charge on any atom is 0.299 e. The zero-order valence-corrected chi connectivity index (χ0v) is 13.8. The number of ether oxygens (including phenoxy) is 1. The van der Waals surface area contributed by atoms with Crippen LogP contribution in [-0.2, 0) is 20.1 Å². The standard InChI is InChI=1S/C10H16N5O7PS/c11-8-5-9(13-2-12-8)15(3-14-5)10-7(17)6(16)4(22-10)1-21-24-23(18,19)20/h2-4,6-7,10,16-20,24H,1H2,(H2,11,12,13)/t4-,6-,7-,10-/m1/s1. The van der Waals surface area contributed by atoms with Crippen molar-refractivity contribution >= 4 is 34.9 Å². The highest BCUT2D eigenvalue weighted by Crippen LogP contribution is 2.34. The molecule has 14 heteroatoms. The average Bonchev–Trinajstić information content (AvgIpc) is 3.03. The van der Waals surface area contributed by atoms with Crippen LogP contribution in [0.3, 0.4) is 0 Å². The summed E-state index contributed by atoms with van der Waals surface area (Å²) < 4.78 is 11.8. The van der Waals surface area contributed by atoms with E-state index in [4.69, 9.17) is 29.3 Å². The van der Waals surface area contributed by atoms with Crippen LogP contribution in [0.4, 0.5) is 5.82 Å². The van der Waals surface area contributed by atoms with E-state index in [0.717, 1.165) is 0 Å². The minimum atomic E-state index is -4.10. The number of nitrogen functional groups attached to an aromatic ring is 1. The maximum absolute atomic E-state index is 10.2. The fraction of sp³-hybridized carbons (Fsp3) is 0.500. The lowest BCUT2D eigenvalue weighted by Crippen LogP contribution is -2.33. The summed E-state index contributed by atoms with van der Waals surface area (Å²) in [5.41, 5.74) is 6.35. The van der Waals surface area contributed by atoms with E-state index in [-0.39, 0.29) is 12.4 Å². The van der Waals surface area contributed by atoms with Gasteiger partial charge in [0.05, 0.1) is 12.9 Å². The lowest BCUT2D eigenvalue weighted by molar-refractivity contribution is -0.0453. The minimum Gasteiger partial charge on any atom is -0.387 e. The number of nitrogens with zero attached hydrogens (tertiary/aromatic N) is 4. The third-order valence-electron chi connectivity index (χ3n) is 3.40. The molecular formula is C10H16N5O7PS. The lowest BCUT2D eigenvalue weighted by atomic mass is 10.1. The maximum atomic E-state index is 10.2. The van der Waals surface area contributed by atoms with E-state index in [0.29, 0.717) is 11.2 Å². The van der Waals surface area contributed by atoms with Gasteiger partial charge in [0, 0.05) is 0 Å². The lowest BCUT2D eigenvalue weighted by Gasteiger charge is -2.16. The predicted octanol–water partition coefficient (Wildman–Crippen LogP) is -2.57. The molecule has 0 bridgehead atoms. The molecule has 1 aliphatic heterocycles. The van der Waals surface area contributed by atoms with Gasteiger partial charge in [-0.05, 0) is 11.2 Å². The van der Waals surface area contributed by atoms with Crippen LogP contribution in [-0.4, -0.2) is 69.3 Å². The fourth-order valence-electron chi connectivity index (χ4n) is 2.34. The van der Waals surface area contributed by atoms with Gasteiger partial charge in [-0.1, -0.05) is 0 Å². The molecule has 24 heavy (non-hydrogen) atoms. The van der Waals surface area contributed by atoms with Gasteiger partial charge in [0.2, 0.25) is 0 Å². The summed E-state index contributed by atoms with van der Waals surface area (Å²) >= 11 is -0.439. The number of anilines is 1. The van der Waals surface area contributed by atoms with E-state index >= 15 is 0 Å². The Morgan fingerprint density at radius 1 is 1.25 bits per heavy atom. The first-order valence-corrected chi connectivity index (χ1v) is 9.81. The molecule has 1 fully saturated rings. The number of hydrogen-bond donors (Lipinski definition) is 7. The number of rotatable bonds is 4. The Hall–Kier alpha value is -1.15. The Morgan fingerprint density at radius 2 is 2.00 bits per heavy atom. The molecular weight excluding hydrogens is 365 g/mol. The van der Waals surface area contributed by atoms with Gasteiger partial charge in [-0.3, -0.25) is 4.57 Å². The van der Waals surface area contributed by atoms with E-state index in [1.807, 2.05) is 0 Å². The third kappa shape index (κ3) is 3.44. The van der Waals surface area contributed by atoms with Crippen molar-refractivity contribution < 1.29 is 33.8 Å². The summed E-state index contributed by atoms with van der Waals surface area (Å²) in [7, 11) is 0. The van der Waals surface area contributed by atoms with E-state index in [1.165, 1.54) is 17.2 Å². The van der Waals surface area contributed by atoms with Gasteiger partial charge in [-0.25, -0.2) is 15.0 Å². The summed E-state index contributed by atoms with van der Waals surface area (Å²) in [6.07, 6.45) is -1.97. The van der Waals surface area contributed by atoms with Gasteiger partial charge in [-0.15, -0.1) is 0 Å². The molecule has 1 saturated heterocycles. The third-order valence-corrected chi connectivity index (χ3v) is 4.89. The zero-order valence-electron chi connectivity index (χ0n) is 12.0. The number of fused-ring (bicyclic) bond motifs is 1. The predicted molar refractivity (Wildman–Crippen MR) is 83.9 cm³/mol. The first kappa shape index (κ1) is 17.7. The highest BCUT2D eigenvalue weighted by atomic mass is 32.5. The summed E-state index contributed by atoms with van der Waals surface area (Å²) in [5.74, 6) is 0.166. The van der Waals surface area contributed by atoms with Crippen LogP contribution in [0.2, 0.25) is 0 Å². The van der Waals surface area contributed by atoms with Crippen LogP contribution in [0.1, 0.15) is 6.23 Å². The van der Waals surface area contributed by atoms with Crippen LogP contribution >= 0.6 is 6.72 Å². The van der Waals surface area contributed by atoms with Crippen molar-refractivity contribution in [3.63, 3.8) is 0 Å². The number of hydrogen-bond acceptors (Lipinski definition) is 8. The number of imidazole rings is 1. The fourth-order valence-corrected chi connectivity index (χ4v) is 3.37. The Labute approximate surface area is 138 Å². The van der Waals surface area contributed by atoms with Gasteiger partial charge in [0.1, 0.15) is 30.2 Å². The molecule has 12 nitrogen and oxygen atoms in total. The Balaban J connectivity index is 1.80.